The summed E-state index contributed by atoms with van der Waals surface area (Å²) in [5.74, 6) is 0.124. The van der Waals surface area contributed by atoms with Crippen molar-refractivity contribution in [1.82, 2.24) is 0 Å². The monoisotopic (exact) mass is 239 g/mol. The first-order chi connectivity index (χ1) is 6.29. The van der Waals surface area contributed by atoms with E-state index < -0.39 is 0 Å². The summed E-state index contributed by atoms with van der Waals surface area (Å²) in [6.07, 6.45) is 1.48. The van der Waals surface area contributed by atoms with Gasteiger partial charge in [0.05, 0.1) is 0 Å². The van der Waals surface area contributed by atoms with Crippen LogP contribution in [0.4, 0.5) is 5.69 Å². The van der Waals surface area contributed by atoms with Crippen molar-refractivity contribution in [1.29, 1.82) is 0 Å². The predicted molar refractivity (Wildman–Crippen MR) is 56.0 cm³/mol. The number of carbonyl (C=O) groups is 1. The molecule has 1 aliphatic heterocycles. The number of aryl methyl sites for hydroxylation is 1. The van der Waals surface area contributed by atoms with Crippen molar-refractivity contribution < 1.29 is 4.79 Å². The summed E-state index contributed by atoms with van der Waals surface area (Å²) < 4.78 is 0. The Hall–Kier alpha value is -0.830. The summed E-state index contributed by atoms with van der Waals surface area (Å²) in [4.78, 5) is 11.1. The van der Waals surface area contributed by atoms with Gasteiger partial charge >= 0.3 is 0 Å². The van der Waals surface area contributed by atoms with E-state index in [9.17, 15) is 4.79 Å². The van der Waals surface area contributed by atoms with E-state index in [1.807, 2.05) is 6.07 Å². The molecule has 68 valence electrons. The van der Waals surface area contributed by atoms with Gasteiger partial charge in [0.15, 0.2) is 0 Å². The van der Waals surface area contributed by atoms with Gasteiger partial charge in [-0.05, 0) is 23.6 Å². The van der Waals surface area contributed by atoms with Crippen molar-refractivity contribution in [2.45, 2.75) is 18.2 Å². The van der Waals surface area contributed by atoms with E-state index in [0.717, 1.165) is 17.4 Å². The van der Waals surface area contributed by atoms with Crippen LogP contribution in [0, 0.1) is 0 Å². The molecule has 0 aliphatic carbocycles. The molecule has 0 saturated heterocycles. The molecular weight excluding hydrogens is 230 g/mol. The van der Waals surface area contributed by atoms with Gasteiger partial charge in [0.25, 0.3) is 0 Å². The van der Waals surface area contributed by atoms with Crippen LogP contribution in [-0.2, 0) is 16.5 Å². The summed E-state index contributed by atoms with van der Waals surface area (Å²) in [6, 6.07) is 6.21. The van der Waals surface area contributed by atoms with E-state index in [-0.39, 0.29) is 5.91 Å². The fourth-order valence-electron chi connectivity index (χ4n) is 1.50. The predicted octanol–water partition coefficient (Wildman–Crippen LogP) is 2.47. The third-order valence-electron chi connectivity index (χ3n) is 2.22. The van der Waals surface area contributed by atoms with Crippen molar-refractivity contribution in [3.05, 3.63) is 29.3 Å². The Balaban J connectivity index is 2.38. The van der Waals surface area contributed by atoms with Crippen LogP contribution in [0.2, 0.25) is 0 Å². The zero-order chi connectivity index (χ0) is 9.26. The van der Waals surface area contributed by atoms with Gasteiger partial charge in [-0.2, -0.15) is 0 Å². The highest BCUT2D eigenvalue weighted by molar-refractivity contribution is 9.08. The molecule has 2 rings (SSSR count). The van der Waals surface area contributed by atoms with Crippen LogP contribution in [0.5, 0.6) is 0 Å². The standard InChI is InChI=1S/C10H10BrNO/c11-6-7-1-2-8-3-4-10(13)12-9(8)5-7/h1-2,5H,3-4,6H2,(H,12,13). The summed E-state index contributed by atoms with van der Waals surface area (Å²) >= 11 is 3.39. The van der Waals surface area contributed by atoms with Crippen molar-refractivity contribution >= 4 is 27.5 Å². The van der Waals surface area contributed by atoms with E-state index in [2.05, 4.69) is 33.4 Å². The number of halogens is 1. The van der Waals surface area contributed by atoms with E-state index in [4.69, 9.17) is 0 Å². The molecule has 3 heteroatoms. The van der Waals surface area contributed by atoms with Gasteiger partial charge in [0.1, 0.15) is 0 Å². The molecule has 1 aromatic rings. The third kappa shape index (κ3) is 1.75. The lowest BCUT2D eigenvalue weighted by Gasteiger charge is -2.16. The Morgan fingerprint density at radius 2 is 2.23 bits per heavy atom. The molecule has 0 atom stereocenters. The largest absolute Gasteiger partial charge is 0.326 e. The maximum absolute atomic E-state index is 11.1. The number of anilines is 1. The lowest BCUT2D eigenvalue weighted by atomic mass is 10.0. The minimum absolute atomic E-state index is 0.124. The minimum atomic E-state index is 0.124. The highest BCUT2D eigenvalue weighted by Gasteiger charge is 2.13. The highest BCUT2D eigenvalue weighted by atomic mass is 79.9. The molecule has 1 aromatic carbocycles. The number of hydrogen-bond donors (Lipinski definition) is 1. The van der Waals surface area contributed by atoms with E-state index in [0.29, 0.717) is 6.42 Å². The van der Waals surface area contributed by atoms with Gasteiger partial charge in [-0.3, -0.25) is 4.79 Å². The molecule has 0 radical (unpaired) electrons. The molecule has 0 spiro atoms. The average molecular weight is 240 g/mol. The van der Waals surface area contributed by atoms with Crippen LogP contribution in [0.25, 0.3) is 0 Å². The van der Waals surface area contributed by atoms with Crippen molar-refractivity contribution in [2.24, 2.45) is 0 Å². The van der Waals surface area contributed by atoms with Crippen LogP contribution >= 0.6 is 15.9 Å². The number of nitrogens with one attached hydrogen (secondary N) is 1. The molecule has 2 nitrogen and oxygen atoms in total. The van der Waals surface area contributed by atoms with E-state index in [1.54, 1.807) is 0 Å². The molecule has 0 bridgehead atoms. The zero-order valence-corrected chi connectivity index (χ0v) is 8.73. The Kier molecular flexibility index (Phi) is 2.36. The second kappa shape index (κ2) is 3.50. The first kappa shape index (κ1) is 8.75. The second-order valence-electron chi connectivity index (χ2n) is 3.17. The number of benzene rings is 1. The lowest BCUT2D eigenvalue weighted by molar-refractivity contribution is -0.116. The molecule has 1 aliphatic rings. The molecular formula is C10H10BrNO. The van der Waals surface area contributed by atoms with Gasteiger partial charge in [-0.25, -0.2) is 0 Å². The second-order valence-corrected chi connectivity index (χ2v) is 3.73. The molecule has 1 N–H and O–H groups in total. The maximum Gasteiger partial charge on any atom is 0.224 e. The number of carbonyl (C=O) groups excluding carboxylic acids is 1. The normalized spacial score (nSPS) is 15.0. The van der Waals surface area contributed by atoms with E-state index >= 15 is 0 Å². The Morgan fingerprint density at radius 1 is 1.38 bits per heavy atom. The van der Waals surface area contributed by atoms with Crippen molar-refractivity contribution in [3.63, 3.8) is 0 Å². The Labute approximate surface area is 85.5 Å². The van der Waals surface area contributed by atoms with Crippen LogP contribution < -0.4 is 5.32 Å². The average Bonchev–Trinajstić information content (AvgIpc) is 2.16. The van der Waals surface area contributed by atoms with Gasteiger partial charge < -0.3 is 5.32 Å². The molecule has 0 saturated carbocycles. The molecule has 0 fully saturated rings. The topological polar surface area (TPSA) is 29.1 Å². The number of amides is 1. The van der Waals surface area contributed by atoms with E-state index in [1.165, 1.54) is 11.1 Å². The zero-order valence-electron chi connectivity index (χ0n) is 7.14. The van der Waals surface area contributed by atoms with Crippen molar-refractivity contribution in [2.75, 3.05) is 5.32 Å². The first-order valence-corrected chi connectivity index (χ1v) is 5.39. The summed E-state index contributed by atoms with van der Waals surface area (Å²) in [5.41, 5.74) is 3.42. The summed E-state index contributed by atoms with van der Waals surface area (Å²) in [6.45, 7) is 0. The molecule has 0 aromatic heterocycles. The fraction of sp³-hybridized carbons (Fsp3) is 0.300. The minimum Gasteiger partial charge on any atom is -0.326 e. The third-order valence-corrected chi connectivity index (χ3v) is 2.87. The quantitative estimate of drug-likeness (QED) is 0.750. The van der Waals surface area contributed by atoms with Crippen molar-refractivity contribution in [3.8, 4) is 0 Å². The van der Waals surface area contributed by atoms with Crippen LogP contribution in [0.15, 0.2) is 18.2 Å². The molecule has 13 heavy (non-hydrogen) atoms. The lowest BCUT2D eigenvalue weighted by Crippen LogP contribution is -2.18. The highest BCUT2D eigenvalue weighted by Crippen LogP contribution is 2.24. The molecule has 1 heterocycles. The number of hydrogen-bond acceptors (Lipinski definition) is 1. The SMILES string of the molecule is O=C1CCc2ccc(CBr)cc2N1. The fourth-order valence-corrected chi connectivity index (χ4v) is 1.85. The first-order valence-electron chi connectivity index (χ1n) is 4.27. The van der Waals surface area contributed by atoms with Crippen LogP contribution in [-0.4, -0.2) is 5.91 Å². The Bertz CT molecular complexity index is 349. The number of rotatable bonds is 1. The Morgan fingerprint density at radius 3 is 3.00 bits per heavy atom. The van der Waals surface area contributed by atoms with Crippen LogP contribution in [0.3, 0.4) is 0 Å². The maximum atomic E-state index is 11.1. The molecule has 0 unspecified atom stereocenters. The smallest absolute Gasteiger partial charge is 0.224 e. The number of fused-ring (bicyclic) bond motifs is 1. The number of alkyl halides is 1. The molecule has 1 amide bonds. The van der Waals surface area contributed by atoms with Gasteiger partial charge in [-0.15, -0.1) is 0 Å². The van der Waals surface area contributed by atoms with Gasteiger partial charge in [0, 0.05) is 17.4 Å². The summed E-state index contributed by atoms with van der Waals surface area (Å²) in [7, 11) is 0. The summed E-state index contributed by atoms with van der Waals surface area (Å²) in [5, 5.41) is 3.70. The van der Waals surface area contributed by atoms with Gasteiger partial charge in [0.2, 0.25) is 5.91 Å². The van der Waals surface area contributed by atoms with Crippen LogP contribution in [0.1, 0.15) is 17.5 Å². The van der Waals surface area contributed by atoms with Gasteiger partial charge in [-0.1, -0.05) is 28.1 Å².